The van der Waals surface area contributed by atoms with E-state index in [0.717, 1.165) is 24.9 Å². The number of hydrogen-bond donors (Lipinski definition) is 0. The molecule has 0 heterocycles. The average Bonchev–Trinajstić information content (AvgIpc) is 2.50. The number of nitriles is 1. The molecule has 1 amide bonds. The molecule has 1 fully saturated rings. The summed E-state index contributed by atoms with van der Waals surface area (Å²) in [6.45, 7) is 4.59. The van der Waals surface area contributed by atoms with E-state index in [4.69, 9.17) is 0 Å². The predicted molar refractivity (Wildman–Crippen MR) is 80.3 cm³/mol. The Morgan fingerprint density at radius 1 is 1.25 bits per heavy atom. The fourth-order valence-corrected chi connectivity index (χ4v) is 2.96. The van der Waals surface area contributed by atoms with Crippen molar-refractivity contribution in [3.8, 4) is 6.07 Å². The van der Waals surface area contributed by atoms with Crippen molar-refractivity contribution in [1.29, 1.82) is 5.26 Å². The molecule has 106 valence electrons. The van der Waals surface area contributed by atoms with Crippen molar-refractivity contribution in [2.75, 3.05) is 11.4 Å². The van der Waals surface area contributed by atoms with Crippen molar-refractivity contribution >= 4 is 11.6 Å². The third-order valence-corrected chi connectivity index (χ3v) is 4.24. The molecule has 2 rings (SSSR count). The van der Waals surface area contributed by atoms with Gasteiger partial charge in [0.15, 0.2) is 0 Å². The molecule has 1 aliphatic carbocycles. The maximum atomic E-state index is 12.9. The smallest absolute Gasteiger partial charge is 0.247 e. The first-order chi connectivity index (χ1) is 9.63. The van der Waals surface area contributed by atoms with E-state index in [1.165, 1.54) is 5.56 Å². The van der Waals surface area contributed by atoms with Gasteiger partial charge in [-0.05, 0) is 38.8 Å². The second-order valence-electron chi connectivity index (χ2n) is 5.64. The zero-order valence-corrected chi connectivity index (χ0v) is 12.4. The monoisotopic (exact) mass is 270 g/mol. The highest BCUT2D eigenvalue weighted by molar-refractivity contribution is 5.99. The Hall–Kier alpha value is -1.82. The summed E-state index contributed by atoms with van der Waals surface area (Å²) < 4.78 is 0. The van der Waals surface area contributed by atoms with E-state index in [-0.39, 0.29) is 5.91 Å². The quantitative estimate of drug-likeness (QED) is 0.838. The van der Waals surface area contributed by atoms with Gasteiger partial charge in [-0.25, -0.2) is 0 Å². The Morgan fingerprint density at radius 2 is 1.85 bits per heavy atom. The van der Waals surface area contributed by atoms with Crippen molar-refractivity contribution < 1.29 is 4.79 Å². The third kappa shape index (κ3) is 2.70. The highest BCUT2D eigenvalue weighted by atomic mass is 16.2. The van der Waals surface area contributed by atoms with Gasteiger partial charge in [-0.3, -0.25) is 4.79 Å². The summed E-state index contributed by atoms with van der Waals surface area (Å²) in [6.07, 6.45) is 4.48. The van der Waals surface area contributed by atoms with Crippen LogP contribution in [0.5, 0.6) is 0 Å². The first-order valence-corrected chi connectivity index (χ1v) is 7.43. The molecule has 1 saturated carbocycles. The normalized spacial score (nSPS) is 17.2. The average molecular weight is 270 g/mol. The van der Waals surface area contributed by atoms with Crippen LogP contribution in [0.2, 0.25) is 0 Å². The SMILES string of the molecule is CCN(C(=O)C1(C#N)CCCCC1)c1ccc(C)cc1. The molecular formula is C17H22N2O. The van der Waals surface area contributed by atoms with Crippen molar-refractivity contribution in [2.24, 2.45) is 5.41 Å². The number of benzene rings is 1. The van der Waals surface area contributed by atoms with Gasteiger partial charge in [0, 0.05) is 12.2 Å². The Bertz CT molecular complexity index is 507. The molecule has 0 saturated heterocycles. The molecule has 0 bridgehead atoms. The van der Waals surface area contributed by atoms with Crippen LogP contribution in [0.1, 0.15) is 44.6 Å². The Morgan fingerprint density at radius 3 is 2.35 bits per heavy atom. The summed E-state index contributed by atoms with van der Waals surface area (Å²) in [5, 5.41) is 9.55. The minimum Gasteiger partial charge on any atom is -0.311 e. The number of carbonyl (C=O) groups is 1. The summed E-state index contributed by atoms with van der Waals surface area (Å²) in [7, 11) is 0. The van der Waals surface area contributed by atoms with Gasteiger partial charge in [-0.2, -0.15) is 5.26 Å². The highest BCUT2D eigenvalue weighted by Gasteiger charge is 2.42. The molecule has 1 aliphatic rings. The molecule has 0 atom stereocenters. The molecule has 0 aromatic heterocycles. The lowest BCUT2D eigenvalue weighted by atomic mass is 9.74. The second kappa shape index (κ2) is 6.09. The summed E-state index contributed by atoms with van der Waals surface area (Å²) in [4.78, 5) is 14.6. The van der Waals surface area contributed by atoms with Gasteiger partial charge >= 0.3 is 0 Å². The molecular weight excluding hydrogens is 248 g/mol. The second-order valence-corrected chi connectivity index (χ2v) is 5.64. The highest BCUT2D eigenvalue weighted by Crippen LogP contribution is 2.38. The molecule has 0 spiro atoms. The zero-order valence-electron chi connectivity index (χ0n) is 12.4. The standard InChI is InChI=1S/C17H22N2O/c1-3-19(15-9-7-14(2)8-10-15)16(20)17(13-18)11-5-4-6-12-17/h7-10H,3-6,11-12H2,1-2H3. The van der Waals surface area contributed by atoms with Crippen LogP contribution >= 0.6 is 0 Å². The van der Waals surface area contributed by atoms with Crippen LogP contribution in [0.3, 0.4) is 0 Å². The predicted octanol–water partition coefficient (Wildman–Crippen LogP) is 3.82. The maximum absolute atomic E-state index is 12.9. The van der Waals surface area contributed by atoms with E-state index in [1.54, 1.807) is 4.90 Å². The van der Waals surface area contributed by atoms with Crippen LogP contribution in [0.25, 0.3) is 0 Å². The van der Waals surface area contributed by atoms with E-state index in [0.29, 0.717) is 19.4 Å². The van der Waals surface area contributed by atoms with E-state index >= 15 is 0 Å². The molecule has 3 heteroatoms. The summed E-state index contributed by atoms with van der Waals surface area (Å²) >= 11 is 0. The zero-order chi connectivity index (χ0) is 14.6. The summed E-state index contributed by atoms with van der Waals surface area (Å²) in [5.74, 6) is -0.0222. The van der Waals surface area contributed by atoms with Gasteiger partial charge in [0.2, 0.25) is 5.91 Å². The first kappa shape index (κ1) is 14.6. The third-order valence-electron chi connectivity index (χ3n) is 4.24. The minimum atomic E-state index is -0.806. The van der Waals surface area contributed by atoms with Crippen LogP contribution in [0.15, 0.2) is 24.3 Å². The summed E-state index contributed by atoms with van der Waals surface area (Å²) in [5.41, 5.74) is 1.26. The number of carbonyl (C=O) groups excluding carboxylic acids is 1. The fourth-order valence-electron chi connectivity index (χ4n) is 2.96. The summed E-state index contributed by atoms with van der Waals surface area (Å²) in [6, 6.07) is 10.3. The van der Waals surface area contributed by atoms with E-state index in [9.17, 15) is 10.1 Å². The Balaban J connectivity index is 2.28. The fraction of sp³-hybridized carbons (Fsp3) is 0.529. The lowest BCUT2D eigenvalue weighted by Crippen LogP contribution is -2.44. The molecule has 0 aliphatic heterocycles. The molecule has 0 unspecified atom stereocenters. The molecule has 3 nitrogen and oxygen atoms in total. The minimum absolute atomic E-state index is 0.0222. The van der Waals surface area contributed by atoms with Crippen LogP contribution in [0.4, 0.5) is 5.69 Å². The van der Waals surface area contributed by atoms with Gasteiger partial charge in [0.25, 0.3) is 0 Å². The van der Waals surface area contributed by atoms with Crippen molar-refractivity contribution in [2.45, 2.75) is 46.0 Å². The van der Waals surface area contributed by atoms with Crippen LogP contribution in [-0.4, -0.2) is 12.5 Å². The molecule has 20 heavy (non-hydrogen) atoms. The molecule has 0 radical (unpaired) electrons. The number of amides is 1. The number of aryl methyl sites for hydroxylation is 1. The van der Waals surface area contributed by atoms with Gasteiger partial charge in [-0.15, -0.1) is 0 Å². The topological polar surface area (TPSA) is 44.1 Å². The molecule has 0 N–H and O–H groups in total. The first-order valence-electron chi connectivity index (χ1n) is 7.43. The van der Waals surface area contributed by atoms with Crippen LogP contribution in [0, 0.1) is 23.7 Å². The largest absolute Gasteiger partial charge is 0.311 e. The van der Waals surface area contributed by atoms with E-state index in [1.807, 2.05) is 38.1 Å². The Labute approximate surface area is 121 Å². The van der Waals surface area contributed by atoms with Gasteiger partial charge < -0.3 is 4.90 Å². The molecule has 1 aromatic rings. The number of nitrogens with zero attached hydrogens (tertiary/aromatic N) is 2. The number of rotatable bonds is 3. The van der Waals surface area contributed by atoms with Crippen LogP contribution < -0.4 is 4.90 Å². The van der Waals surface area contributed by atoms with Gasteiger partial charge in [-0.1, -0.05) is 37.0 Å². The van der Waals surface area contributed by atoms with Gasteiger partial charge in [0.05, 0.1) is 6.07 Å². The number of anilines is 1. The number of hydrogen-bond acceptors (Lipinski definition) is 2. The Kier molecular flexibility index (Phi) is 4.44. The van der Waals surface area contributed by atoms with Crippen molar-refractivity contribution in [3.63, 3.8) is 0 Å². The lowest BCUT2D eigenvalue weighted by molar-refractivity contribution is -0.126. The van der Waals surface area contributed by atoms with Crippen LogP contribution in [-0.2, 0) is 4.79 Å². The molecule has 1 aromatic carbocycles. The maximum Gasteiger partial charge on any atom is 0.247 e. The van der Waals surface area contributed by atoms with E-state index < -0.39 is 5.41 Å². The van der Waals surface area contributed by atoms with Gasteiger partial charge in [0.1, 0.15) is 5.41 Å². The van der Waals surface area contributed by atoms with Crippen molar-refractivity contribution in [3.05, 3.63) is 29.8 Å². The van der Waals surface area contributed by atoms with Crippen molar-refractivity contribution in [1.82, 2.24) is 0 Å². The van der Waals surface area contributed by atoms with E-state index in [2.05, 4.69) is 6.07 Å². The lowest BCUT2D eigenvalue weighted by Gasteiger charge is -2.34.